The highest BCUT2D eigenvalue weighted by Gasteiger charge is 1.98. The van der Waals surface area contributed by atoms with Crippen molar-refractivity contribution in [3.8, 4) is 0 Å². The number of allylic oxidation sites excluding steroid dienone is 1. The van der Waals surface area contributed by atoms with E-state index < -0.39 is 0 Å². The first-order chi connectivity index (χ1) is 5.34. The first-order valence-electron chi connectivity index (χ1n) is 3.09. The number of aromatic nitrogens is 1. The van der Waals surface area contributed by atoms with Gasteiger partial charge in [0, 0.05) is 24.0 Å². The standard InChI is InChI=1S/C8H7NO2/c10-5-3-8(11)7-2-1-4-9-6-7/h1-6,10H/b5-3+. The summed E-state index contributed by atoms with van der Waals surface area (Å²) >= 11 is 0. The molecule has 0 unspecified atom stereocenters. The van der Waals surface area contributed by atoms with Crippen LogP contribution in [0.1, 0.15) is 10.4 Å². The lowest BCUT2D eigenvalue weighted by Crippen LogP contribution is -1.93. The van der Waals surface area contributed by atoms with Gasteiger partial charge < -0.3 is 5.11 Å². The molecule has 0 radical (unpaired) electrons. The van der Waals surface area contributed by atoms with E-state index in [4.69, 9.17) is 5.11 Å². The van der Waals surface area contributed by atoms with Gasteiger partial charge in [0.2, 0.25) is 0 Å². The van der Waals surface area contributed by atoms with Crippen LogP contribution in [0.5, 0.6) is 0 Å². The van der Waals surface area contributed by atoms with E-state index in [0.717, 1.165) is 12.3 Å². The number of aliphatic hydroxyl groups excluding tert-OH is 1. The number of aliphatic hydroxyl groups is 1. The summed E-state index contributed by atoms with van der Waals surface area (Å²) in [6.45, 7) is 0. The van der Waals surface area contributed by atoms with Gasteiger partial charge in [0.1, 0.15) is 0 Å². The molecule has 0 atom stereocenters. The number of carbonyl (C=O) groups excluding carboxylic acids is 1. The Morgan fingerprint density at radius 1 is 1.64 bits per heavy atom. The average Bonchev–Trinajstić information content (AvgIpc) is 2.07. The van der Waals surface area contributed by atoms with Crippen LogP contribution in [0, 0.1) is 0 Å². The minimum atomic E-state index is -0.249. The van der Waals surface area contributed by atoms with Crippen molar-refractivity contribution in [3.63, 3.8) is 0 Å². The smallest absolute Gasteiger partial charge is 0.190 e. The lowest BCUT2D eigenvalue weighted by Gasteiger charge is -1.90. The highest BCUT2D eigenvalue weighted by Crippen LogP contribution is 1.97. The molecule has 0 bridgehead atoms. The van der Waals surface area contributed by atoms with Crippen molar-refractivity contribution in [2.45, 2.75) is 0 Å². The highest BCUT2D eigenvalue weighted by molar-refractivity contribution is 6.04. The summed E-state index contributed by atoms with van der Waals surface area (Å²) in [4.78, 5) is 14.7. The van der Waals surface area contributed by atoms with Crippen molar-refractivity contribution in [3.05, 3.63) is 42.4 Å². The molecular formula is C8H7NO2. The second kappa shape index (κ2) is 3.51. The van der Waals surface area contributed by atoms with Gasteiger partial charge in [-0.2, -0.15) is 0 Å². The number of nitrogens with zero attached hydrogens (tertiary/aromatic N) is 1. The van der Waals surface area contributed by atoms with Gasteiger partial charge in [-0.25, -0.2) is 0 Å². The van der Waals surface area contributed by atoms with Crippen molar-refractivity contribution in [2.24, 2.45) is 0 Å². The number of carbonyl (C=O) groups is 1. The normalized spacial score (nSPS) is 10.2. The molecule has 0 fully saturated rings. The molecule has 56 valence electrons. The number of rotatable bonds is 2. The van der Waals surface area contributed by atoms with E-state index in [2.05, 4.69) is 4.98 Å². The minimum Gasteiger partial charge on any atom is -0.515 e. The molecule has 1 aromatic rings. The molecule has 0 saturated carbocycles. The van der Waals surface area contributed by atoms with Gasteiger partial charge in [0.15, 0.2) is 5.78 Å². The van der Waals surface area contributed by atoms with Gasteiger partial charge in [0.25, 0.3) is 0 Å². The molecule has 3 nitrogen and oxygen atoms in total. The van der Waals surface area contributed by atoms with Crippen LogP contribution in [0.4, 0.5) is 0 Å². The molecular weight excluding hydrogens is 142 g/mol. The van der Waals surface area contributed by atoms with Gasteiger partial charge in [-0.3, -0.25) is 9.78 Å². The lowest BCUT2D eigenvalue weighted by molar-refractivity contribution is 0.104. The molecule has 0 aliphatic rings. The van der Waals surface area contributed by atoms with Gasteiger partial charge in [0.05, 0.1) is 6.26 Å². The predicted molar refractivity (Wildman–Crippen MR) is 40.3 cm³/mol. The fraction of sp³-hybridized carbons (Fsp3) is 0. The van der Waals surface area contributed by atoms with Crippen molar-refractivity contribution in [1.29, 1.82) is 0 Å². The van der Waals surface area contributed by atoms with Crippen LogP contribution in [0.25, 0.3) is 0 Å². The zero-order valence-electron chi connectivity index (χ0n) is 5.77. The molecule has 1 heterocycles. The molecule has 3 heteroatoms. The Labute approximate surface area is 64.0 Å². The van der Waals surface area contributed by atoms with E-state index in [0.29, 0.717) is 5.56 Å². The SMILES string of the molecule is O=C(/C=C/O)c1cccnc1. The molecule has 0 saturated heterocycles. The van der Waals surface area contributed by atoms with Crippen LogP contribution in [-0.2, 0) is 0 Å². The Kier molecular flexibility index (Phi) is 2.38. The van der Waals surface area contributed by atoms with Crippen LogP contribution in [0.15, 0.2) is 36.9 Å². The van der Waals surface area contributed by atoms with Crippen LogP contribution in [0.2, 0.25) is 0 Å². The van der Waals surface area contributed by atoms with Crippen LogP contribution in [0.3, 0.4) is 0 Å². The average molecular weight is 149 g/mol. The van der Waals surface area contributed by atoms with Gasteiger partial charge in [-0.05, 0) is 12.1 Å². The van der Waals surface area contributed by atoms with Crippen molar-refractivity contribution < 1.29 is 9.90 Å². The van der Waals surface area contributed by atoms with Gasteiger partial charge in [-0.1, -0.05) is 0 Å². The van der Waals surface area contributed by atoms with Crippen molar-refractivity contribution in [2.75, 3.05) is 0 Å². The van der Waals surface area contributed by atoms with E-state index in [1.807, 2.05) is 0 Å². The largest absolute Gasteiger partial charge is 0.515 e. The molecule has 1 rings (SSSR count). The van der Waals surface area contributed by atoms with E-state index in [1.54, 1.807) is 18.3 Å². The Morgan fingerprint density at radius 2 is 2.45 bits per heavy atom. The lowest BCUT2D eigenvalue weighted by atomic mass is 10.2. The number of ketones is 1. The molecule has 1 N–H and O–H groups in total. The zero-order chi connectivity index (χ0) is 8.10. The number of hydrogen-bond acceptors (Lipinski definition) is 3. The summed E-state index contributed by atoms with van der Waals surface area (Å²) in [6.07, 6.45) is 4.83. The van der Waals surface area contributed by atoms with Crippen LogP contribution < -0.4 is 0 Å². The molecule has 0 amide bonds. The number of hydrogen-bond donors (Lipinski definition) is 1. The van der Waals surface area contributed by atoms with E-state index in [-0.39, 0.29) is 5.78 Å². The zero-order valence-corrected chi connectivity index (χ0v) is 5.77. The second-order valence-corrected chi connectivity index (χ2v) is 1.92. The molecule has 0 aromatic carbocycles. The molecule has 0 aliphatic heterocycles. The second-order valence-electron chi connectivity index (χ2n) is 1.92. The fourth-order valence-corrected chi connectivity index (χ4v) is 0.672. The number of pyridine rings is 1. The third kappa shape index (κ3) is 1.89. The maximum absolute atomic E-state index is 11.0. The summed E-state index contributed by atoms with van der Waals surface area (Å²) < 4.78 is 0. The molecule has 0 spiro atoms. The van der Waals surface area contributed by atoms with E-state index in [9.17, 15) is 4.79 Å². The maximum Gasteiger partial charge on any atom is 0.190 e. The topological polar surface area (TPSA) is 50.2 Å². The molecule has 0 aliphatic carbocycles. The third-order valence-electron chi connectivity index (χ3n) is 1.17. The summed E-state index contributed by atoms with van der Waals surface area (Å²) in [5, 5.41) is 8.28. The van der Waals surface area contributed by atoms with Crippen molar-refractivity contribution in [1.82, 2.24) is 4.98 Å². The summed E-state index contributed by atoms with van der Waals surface area (Å²) in [6, 6.07) is 3.30. The first-order valence-corrected chi connectivity index (χ1v) is 3.09. The molecule has 1 aromatic heterocycles. The quantitative estimate of drug-likeness (QED) is 0.392. The van der Waals surface area contributed by atoms with Gasteiger partial charge in [-0.15, -0.1) is 0 Å². The van der Waals surface area contributed by atoms with Gasteiger partial charge >= 0.3 is 0 Å². The minimum absolute atomic E-state index is 0.249. The van der Waals surface area contributed by atoms with E-state index >= 15 is 0 Å². The summed E-state index contributed by atoms with van der Waals surface area (Å²) in [5.74, 6) is -0.249. The maximum atomic E-state index is 11.0. The molecule has 11 heavy (non-hydrogen) atoms. The van der Waals surface area contributed by atoms with E-state index in [1.165, 1.54) is 6.20 Å². The fourth-order valence-electron chi connectivity index (χ4n) is 0.672. The monoisotopic (exact) mass is 149 g/mol. The third-order valence-corrected chi connectivity index (χ3v) is 1.17. The Morgan fingerprint density at radius 3 is 3.00 bits per heavy atom. The van der Waals surface area contributed by atoms with Crippen LogP contribution >= 0.6 is 0 Å². The predicted octanol–water partition coefficient (Wildman–Crippen LogP) is 1.34. The van der Waals surface area contributed by atoms with Crippen LogP contribution in [-0.4, -0.2) is 15.9 Å². The highest BCUT2D eigenvalue weighted by atomic mass is 16.2. The Balaban J connectivity index is 2.86. The first kappa shape index (κ1) is 7.47. The summed E-state index contributed by atoms with van der Waals surface area (Å²) in [5.41, 5.74) is 0.470. The Hall–Kier alpha value is -1.64. The van der Waals surface area contributed by atoms with Crippen molar-refractivity contribution >= 4 is 5.78 Å². The Bertz CT molecular complexity index is 267. The summed E-state index contributed by atoms with van der Waals surface area (Å²) in [7, 11) is 0.